The highest BCUT2D eigenvalue weighted by Crippen LogP contribution is 2.19. The van der Waals surface area contributed by atoms with Gasteiger partial charge in [0.2, 0.25) is 0 Å². The van der Waals surface area contributed by atoms with Crippen LogP contribution in [0.5, 0.6) is 0 Å². The molecule has 1 atom stereocenters. The lowest BCUT2D eigenvalue weighted by molar-refractivity contribution is 0.0697. The van der Waals surface area contributed by atoms with Crippen molar-refractivity contribution in [1.82, 2.24) is 4.90 Å². The monoisotopic (exact) mass is 341 g/mol. The van der Waals surface area contributed by atoms with E-state index in [1.54, 1.807) is 18.0 Å². The molecule has 6 heteroatoms. The molecule has 2 rings (SSSR count). The van der Waals surface area contributed by atoms with Crippen LogP contribution in [0.15, 0.2) is 22.7 Å². The van der Waals surface area contributed by atoms with Crippen LogP contribution in [0.1, 0.15) is 27.1 Å². The molecule has 0 radical (unpaired) electrons. The van der Waals surface area contributed by atoms with Gasteiger partial charge in [0.25, 0.3) is 5.91 Å². The van der Waals surface area contributed by atoms with E-state index in [1.165, 1.54) is 12.1 Å². The number of amides is 1. The first-order valence-electron chi connectivity index (χ1n) is 6.34. The molecule has 0 aliphatic carbocycles. The molecule has 1 aromatic rings. The summed E-state index contributed by atoms with van der Waals surface area (Å²) in [4.78, 5) is 25.0. The van der Waals surface area contributed by atoms with E-state index in [0.717, 1.165) is 13.0 Å². The fourth-order valence-corrected chi connectivity index (χ4v) is 2.75. The third kappa shape index (κ3) is 3.58. The first-order chi connectivity index (χ1) is 9.47. The first-order valence-corrected chi connectivity index (χ1v) is 7.14. The number of carbonyl (C=O) groups is 2. The summed E-state index contributed by atoms with van der Waals surface area (Å²) in [6, 6.07) is 4.51. The summed E-state index contributed by atoms with van der Waals surface area (Å²) >= 11 is 3.23. The van der Waals surface area contributed by atoms with E-state index >= 15 is 0 Å². The Labute approximate surface area is 125 Å². The molecule has 1 saturated heterocycles. The summed E-state index contributed by atoms with van der Waals surface area (Å²) in [5.74, 6) is -0.872. The van der Waals surface area contributed by atoms with E-state index in [4.69, 9.17) is 9.84 Å². The fraction of sp³-hybridized carbons (Fsp3) is 0.429. The normalized spacial score (nSPS) is 18.0. The van der Waals surface area contributed by atoms with Crippen molar-refractivity contribution in [3.63, 3.8) is 0 Å². The topological polar surface area (TPSA) is 66.8 Å². The largest absolute Gasteiger partial charge is 0.478 e. The molecule has 1 heterocycles. The van der Waals surface area contributed by atoms with Gasteiger partial charge in [-0.2, -0.15) is 0 Å². The molecule has 1 fully saturated rings. The van der Waals surface area contributed by atoms with Crippen LogP contribution in [0.25, 0.3) is 0 Å². The molecule has 0 spiro atoms. The summed E-state index contributed by atoms with van der Waals surface area (Å²) < 4.78 is 5.87. The average Bonchev–Trinajstić information content (AvgIpc) is 2.89. The minimum atomic E-state index is -1.05. The number of carboxylic acid groups (broad SMARTS) is 1. The zero-order valence-corrected chi connectivity index (χ0v) is 12.7. The average molecular weight is 342 g/mol. The molecule has 20 heavy (non-hydrogen) atoms. The predicted octanol–water partition coefficient (Wildman–Crippen LogP) is 2.26. The molecule has 1 amide bonds. The SMILES string of the molecule is CN(CC1CCOC1)C(=O)c1cc(Br)cc(C(=O)O)c1. The maximum atomic E-state index is 12.3. The number of ether oxygens (including phenoxy) is 1. The van der Waals surface area contributed by atoms with Crippen LogP contribution in [0.2, 0.25) is 0 Å². The van der Waals surface area contributed by atoms with E-state index < -0.39 is 5.97 Å². The number of hydrogen-bond acceptors (Lipinski definition) is 3. The highest BCUT2D eigenvalue weighted by atomic mass is 79.9. The van der Waals surface area contributed by atoms with Gasteiger partial charge in [-0.1, -0.05) is 15.9 Å². The van der Waals surface area contributed by atoms with Gasteiger partial charge in [0.15, 0.2) is 0 Å². The Morgan fingerprint density at radius 3 is 2.70 bits per heavy atom. The highest BCUT2D eigenvalue weighted by Gasteiger charge is 2.21. The van der Waals surface area contributed by atoms with E-state index in [1.807, 2.05) is 0 Å². The van der Waals surface area contributed by atoms with Gasteiger partial charge in [0.1, 0.15) is 0 Å². The quantitative estimate of drug-likeness (QED) is 0.912. The molecule has 108 valence electrons. The standard InChI is InChI=1S/C14H16BrNO4/c1-16(7-9-2-3-20-8-9)13(17)10-4-11(14(18)19)6-12(15)5-10/h4-6,9H,2-3,7-8H2,1H3,(H,18,19). The van der Waals surface area contributed by atoms with Crippen LogP contribution in [0, 0.1) is 5.92 Å². The van der Waals surface area contributed by atoms with Crippen LogP contribution in [0.4, 0.5) is 0 Å². The van der Waals surface area contributed by atoms with Crippen LogP contribution in [-0.2, 0) is 4.74 Å². The van der Waals surface area contributed by atoms with Gasteiger partial charge in [0, 0.05) is 36.2 Å². The number of carbonyl (C=O) groups excluding carboxylic acids is 1. The molecule has 0 aromatic heterocycles. The van der Waals surface area contributed by atoms with Crippen molar-refractivity contribution in [2.24, 2.45) is 5.92 Å². The molecule has 0 saturated carbocycles. The Bertz CT molecular complexity index is 526. The lowest BCUT2D eigenvalue weighted by Crippen LogP contribution is -2.32. The van der Waals surface area contributed by atoms with Gasteiger partial charge in [-0.3, -0.25) is 4.79 Å². The fourth-order valence-electron chi connectivity index (χ4n) is 2.25. The Morgan fingerprint density at radius 1 is 1.40 bits per heavy atom. The number of halogens is 1. The Morgan fingerprint density at radius 2 is 2.10 bits per heavy atom. The van der Waals surface area contributed by atoms with Gasteiger partial charge in [-0.15, -0.1) is 0 Å². The number of benzene rings is 1. The van der Waals surface area contributed by atoms with Crippen LogP contribution in [0.3, 0.4) is 0 Å². The Balaban J connectivity index is 2.13. The zero-order chi connectivity index (χ0) is 14.7. The van der Waals surface area contributed by atoms with Crippen molar-refractivity contribution in [2.45, 2.75) is 6.42 Å². The third-order valence-corrected chi connectivity index (χ3v) is 3.75. The van der Waals surface area contributed by atoms with Crippen molar-refractivity contribution in [2.75, 3.05) is 26.8 Å². The first kappa shape index (κ1) is 15.0. The second-order valence-corrected chi connectivity index (χ2v) is 5.86. The lowest BCUT2D eigenvalue weighted by Gasteiger charge is -2.20. The second kappa shape index (κ2) is 6.37. The number of hydrogen-bond donors (Lipinski definition) is 1. The summed E-state index contributed by atoms with van der Waals surface area (Å²) in [6.07, 6.45) is 0.955. The maximum absolute atomic E-state index is 12.3. The molecule has 5 nitrogen and oxygen atoms in total. The van der Waals surface area contributed by atoms with E-state index in [0.29, 0.717) is 29.1 Å². The molecule has 1 unspecified atom stereocenters. The summed E-state index contributed by atoms with van der Waals surface area (Å²) in [7, 11) is 1.72. The van der Waals surface area contributed by atoms with Crippen LogP contribution in [-0.4, -0.2) is 48.7 Å². The molecule has 1 N–H and O–H groups in total. The van der Waals surface area contributed by atoms with Crippen molar-refractivity contribution < 1.29 is 19.4 Å². The van der Waals surface area contributed by atoms with Crippen molar-refractivity contribution in [3.8, 4) is 0 Å². The smallest absolute Gasteiger partial charge is 0.335 e. The molecule has 1 aliphatic heterocycles. The van der Waals surface area contributed by atoms with Crippen LogP contribution < -0.4 is 0 Å². The van der Waals surface area contributed by atoms with Gasteiger partial charge in [0.05, 0.1) is 12.2 Å². The third-order valence-electron chi connectivity index (χ3n) is 3.29. The minimum absolute atomic E-state index is 0.0975. The molecular formula is C14H16BrNO4. The van der Waals surface area contributed by atoms with Crippen molar-refractivity contribution in [1.29, 1.82) is 0 Å². The molecule has 0 bridgehead atoms. The van der Waals surface area contributed by atoms with E-state index in [9.17, 15) is 9.59 Å². The van der Waals surface area contributed by atoms with E-state index in [-0.39, 0.29) is 11.5 Å². The number of rotatable bonds is 4. The predicted molar refractivity (Wildman–Crippen MR) is 77.0 cm³/mol. The number of aromatic carboxylic acids is 1. The number of nitrogens with zero attached hydrogens (tertiary/aromatic N) is 1. The van der Waals surface area contributed by atoms with E-state index in [2.05, 4.69) is 15.9 Å². The zero-order valence-electron chi connectivity index (χ0n) is 11.1. The molecule has 1 aromatic carbocycles. The summed E-state index contributed by atoms with van der Waals surface area (Å²) in [5.41, 5.74) is 0.471. The minimum Gasteiger partial charge on any atom is -0.478 e. The number of carboxylic acids is 1. The summed E-state index contributed by atoms with van der Waals surface area (Å²) in [6.45, 7) is 2.04. The van der Waals surface area contributed by atoms with Crippen LogP contribution >= 0.6 is 15.9 Å². The lowest BCUT2D eigenvalue weighted by atomic mass is 10.1. The van der Waals surface area contributed by atoms with Gasteiger partial charge >= 0.3 is 5.97 Å². The second-order valence-electron chi connectivity index (χ2n) is 4.95. The Kier molecular flexibility index (Phi) is 4.77. The van der Waals surface area contributed by atoms with Gasteiger partial charge in [-0.05, 0) is 24.6 Å². The molecule has 1 aliphatic rings. The molecular weight excluding hydrogens is 326 g/mol. The summed E-state index contributed by atoms with van der Waals surface area (Å²) in [5, 5.41) is 9.02. The van der Waals surface area contributed by atoms with Crippen molar-refractivity contribution >= 4 is 27.8 Å². The van der Waals surface area contributed by atoms with Gasteiger partial charge in [-0.25, -0.2) is 4.79 Å². The van der Waals surface area contributed by atoms with Crippen molar-refractivity contribution in [3.05, 3.63) is 33.8 Å². The maximum Gasteiger partial charge on any atom is 0.335 e. The highest BCUT2D eigenvalue weighted by molar-refractivity contribution is 9.10. The van der Waals surface area contributed by atoms with Gasteiger partial charge < -0.3 is 14.7 Å². The Hall–Kier alpha value is -1.40.